The minimum Gasteiger partial charge on any atom is -0.337 e. The highest BCUT2D eigenvalue weighted by Crippen LogP contribution is 2.11. The normalized spacial score (nSPS) is 14.7. The Balaban J connectivity index is 1.72. The highest BCUT2D eigenvalue weighted by Gasteiger charge is 2.22. The van der Waals surface area contributed by atoms with Crippen molar-refractivity contribution in [1.29, 1.82) is 0 Å². The van der Waals surface area contributed by atoms with Crippen LogP contribution >= 0.6 is 0 Å². The van der Waals surface area contributed by atoms with Gasteiger partial charge in [0.2, 0.25) is 5.91 Å². The van der Waals surface area contributed by atoms with Gasteiger partial charge in [0, 0.05) is 19.2 Å². The van der Waals surface area contributed by atoms with Gasteiger partial charge in [0.15, 0.2) is 0 Å². The molecule has 1 heterocycles. The van der Waals surface area contributed by atoms with Crippen molar-refractivity contribution in [2.24, 2.45) is 0 Å². The van der Waals surface area contributed by atoms with Crippen LogP contribution in [0.2, 0.25) is 0 Å². The van der Waals surface area contributed by atoms with Gasteiger partial charge in [0.05, 0.1) is 0 Å². The van der Waals surface area contributed by atoms with E-state index in [1.165, 1.54) is 6.08 Å². The first-order valence-corrected chi connectivity index (χ1v) is 9.49. The van der Waals surface area contributed by atoms with E-state index in [1.54, 1.807) is 23.1 Å². The van der Waals surface area contributed by atoms with Gasteiger partial charge in [-0.15, -0.1) is 0 Å². The summed E-state index contributed by atoms with van der Waals surface area (Å²) in [5, 5.41) is 2.74. The van der Waals surface area contributed by atoms with Gasteiger partial charge in [0.1, 0.15) is 5.70 Å². The van der Waals surface area contributed by atoms with Crippen molar-refractivity contribution in [2.75, 3.05) is 13.1 Å². The second kappa shape index (κ2) is 10.1. The molecule has 1 fully saturated rings. The van der Waals surface area contributed by atoms with Crippen molar-refractivity contribution < 1.29 is 9.59 Å². The first-order valence-electron chi connectivity index (χ1n) is 9.49. The van der Waals surface area contributed by atoms with Gasteiger partial charge in [0.25, 0.3) is 5.91 Å². The zero-order chi connectivity index (χ0) is 19.6. The van der Waals surface area contributed by atoms with Crippen molar-refractivity contribution in [1.82, 2.24) is 10.2 Å². The SMILES string of the molecule is O=C(C=Cc1ccccc1)N/C(=C\C=C\c1ccccc1)C(=O)N1CCCC1. The fourth-order valence-electron chi connectivity index (χ4n) is 2.99. The Labute approximate surface area is 165 Å². The summed E-state index contributed by atoms with van der Waals surface area (Å²) in [6.07, 6.45) is 10.5. The maximum Gasteiger partial charge on any atom is 0.270 e. The van der Waals surface area contributed by atoms with E-state index in [-0.39, 0.29) is 17.5 Å². The molecule has 1 saturated heterocycles. The van der Waals surface area contributed by atoms with E-state index in [1.807, 2.05) is 66.7 Å². The van der Waals surface area contributed by atoms with Crippen LogP contribution < -0.4 is 5.32 Å². The minimum absolute atomic E-state index is 0.142. The average Bonchev–Trinajstić information content (AvgIpc) is 3.27. The Morgan fingerprint density at radius 3 is 2.00 bits per heavy atom. The largest absolute Gasteiger partial charge is 0.337 e. The standard InChI is InChI=1S/C24H24N2O2/c27-23(17-16-21-12-5-2-6-13-21)25-22(24(28)26-18-7-8-19-26)15-9-14-20-10-3-1-4-11-20/h1-6,9-17H,7-8,18-19H2,(H,25,27)/b14-9+,17-16?,22-15-. The smallest absolute Gasteiger partial charge is 0.270 e. The summed E-state index contributed by atoms with van der Waals surface area (Å²) in [4.78, 5) is 26.9. The van der Waals surface area contributed by atoms with E-state index in [9.17, 15) is 9.59 Å². The van der Waals surface area contributed by atoms with Gasteiger partial charge in [-0.2, -0.15) is 0 Å². The lowest BCUT2D eigenvalue weighted by Gasteiger charge is -2.17. The molecule has 0 radical (unpaired) electrons. The molecule has 1 aliphatic heterocycles. The lowest BCUT2D eigenvalue weighted by Crippen LogP contribution is -2.36. The van der Waals surface area contributed by atoms with Gasteiger partial charge in [-0.1, -0.05) is 72.8 Å². The predicted octanol–water partition coefficient (Wildman–Crippen LogP) is 4.04. The van der Waals surface area contributed by atoms with Gasteiger partial charge >= 0.3 is 0 Å². The maximum atomic E-state index is 12.8. The lowest BCUT2D eigenvalue weighted by atomic mass is 10.2. The van der Waals surface area contributed by atoms with Gasteiger partial charge < -0.3 is 10.2 Å². The number of hydrogen-bond acceptors (Lipinski definition) is 2. The Hall–Kier alpha value is -3.40. The Morgan fingerprint density at radius 1 is 0.821 bits per heavy atom. The number of amides is 2. The molecule has 28 heavy (non-hydrogen) atoms. The summed E-state index contributed by atoms with van der Waals surface area (Å²) >= 11 is 0. The van der Waals surface area contributed by atoms with Crippen LogP contribution in [-0.2, 0) is 9.59 Å². The van der Waals surface area contributed by atoms with Crippen molar-refractivity contribution in [3.05, 3.63) is 95.7 Å². The monoisotopic (exact) mass is 372 g/mol. The number of rotatable bonds is 6. The molecule has 0 atom stereocenters. The van der Waals surface area contributed by atoms with Crippen molar-refractivity contribution in [3.63, 3.8) is 0 Å². The van der Waals surface area contributed by atoms with E-state index >= 15 is 0 Å². The van der Waals surface area contributed by atoms with E-state index in [0.717, 1.165) is 37.1 Å². The molecule has 0 aromatic heterocycles. The van der Waals surface area contributed by atoms with Crippen molar-refractivity contribution in [2.45, 2.75) is 12.8 Å². The van der Waals surface area contributed by atoms with E-state index in [0.29, 0.717) is 0 Å². The molecule has 4 heteroatoms. The second-order valence-corrected chi connectivity index (χ2v) is 6.58. The van der Waals surface area contributed by atoms with Crippen molar-refractivity contribution >= 4 is 24.0 Å². The number of carbonyl (C=O) groups excluding carboxylic acids is 2. The summed E-state index contributed by atoms with van der Waals surface area (Å²) in [6, 6.07) is 19.4. The fraction of sp³-hybridized carbons (Fsp3) is 0.167. The predicted molar refractivity (Wildman–Crippen MR) is 113 cm³/mol. The number of nitrogens with one attached hydrogen (secondary N) is 1. The summed E-state index contributed by atoms with van der Waals surface area (Å²) in [5.74, 6) is -0.465. The molecule has 2 aromatic carbocycles. The Morgan fingerprint density at radius 2 is 1.39 bits per heavy atom. The Bertz CT molecular complexity index is 877. The molecular formula is C24H24N2O2. The molecule has 0 bridgehead atoms. The number of likely N-dealkylation sites (tertiary alicyclic amines) is 1. The number of allylic oxidation sites excluding steroid dienone is 2. The molecule has 0 spiro atoms. The maximum absolute atomic E-state index is 12.8. The Kier molecular flexibility index (Phi) is 6.96. The number of hydrogen-bond donors (Lipinski definition) is 1. The zero-order valence-corrected chi connectivity index (χ0v) is 15.8. The van der Waals surface area contributed by atoms with Crippen LogP contribution in [0.3, 0.4) is 0 Å². The zero-order valence-electron chi connectivity index (χ0n) is 15.8. The molecule has 2 aromatic rings. The van der Waals surface area contributed by atoms with Crippen LogP contribution in [-0.4, -0.2) is 29.8 Å². The minimum atomic E-state index is -0.323. The third-order valence-electron chi connectivity index (χ3n) is 4.46. The summed E-state index contributed by atoms with van der Waals surface area (Å²) < 4.78 is 0. The molecule has 0 aliphatic carbocycles. The topological polar surface area (TPSA) is 49.4 Å². The van der Waals surface area contributed by atoms with E-state index < -0.39 is 0 Å². The average molecular weight is 372 g/mol. The molecule has 0 saturated carbocycles. The number of benzene rings is 2. The molecule has 1 aliphatic rings. The van der Waals surface area contributed by atoms with Crippen LogP contribution in [0, 0.1) is 0 Å². The van der Waals surface area contributed by atoms with Crippen LogP contribution in [0.4, 0.5) is 0 Å². The van der Waals surface area contributed by atoms with E-state index in [4.69, 9.17) is 0 Å². The highest BCUT2D eigenvalue weighted by atomic mass is 16.2. The molecule has 2 amide bonds. The number of nitrogens with zero attached hydrogens (tertiary/aromatic N) is 1. The highest BCUT2D eigenvalue weighted by molar-refractivity contribution is 6.01. The molecule has 4 nitrogen and oxygen atoms in total. The quantitative estimate of drug-likeness (QED) is 0.615. The lowest BCUT2D eigenvalue weighted by molar-refractivity contribution is -0.128. The molecule has 1 N–H and O–H groups in total. The van der Waals surface area contributed by atoms with E-state index in [2.05, 4.69) is 5.32 Å². The first-order chi connectivity index (χ1) is 13.7. The van der Waals surface area contributed by atoms with Crippen LogP contribution in [0.1, 0.15) is 24.0 Å². The van der Waals surface area contributed by atoms with Crippen LogP contribution in [0.5, 0.6) is 0 Å². The van der Waals surface area contributed by atoms with Gasteiger partial charge in [-0.3, -0.25) is 9.59 Å². The summed E-state index contributed by atoms with van der Waals surface area (Å²) in [7, 11) is 0. The van der Waals surface area contributed by atoms with Gasteiger partial charge in [-0.05, 0) is 36.1 Å². The third-order valence-corrected chi connectivity index (χ3v) is 4.46. The summed E-state index contributed by atoms with van der Waals surface area (Å²) in [6.45, 7) is 1.46. The first kappa shape index (κ1) is 19.4. The molecule has 142 valence electrons. The van der Waals surface area contributed by atoms with Crippen LogP contribution in [0.25, 0.3) is 12.2 Å². The fourth-order valence-corrected chi connectivity index (χ4v) is 2.99. The molecule has 0 unspecified atom stereocenters. The van der Waals surface area contributed by atoms with Crippen LogP contribution in [0.15, 0.2) is 84.6 Å². The van der Waals surface area contributed by atoms with Gasteiger partial charge in [-0.25, -0.2) is 0 Å². The molecule has 3 rings (SSSR count). The second-order valence-electron chi connectivity index (χ2n) is 6.58. The van der Waals surface area contributed by atoms with Crippen molar-refractivity contribution in [3.8, 4) is 0 Å². The number of carbonyl (C=O) groups is 2. The summed E-state index contributed by atoms with van der Waals surface area (Å²) in [5.41, 5.74) is 2.25. The molecular weight excluding hydrogens is 348 g/mol. The third kappa shape index (κ3) is 5.81.